The Morgan fingerprint density at radius 3 is 2.62 bits per heavy atom. The molecule has 1 unspecified atom stereocenters. The molecule has 1 rings (SSSR count). The van der Waals surface area contributed by atoms with E-state index in [-0.39, 0.29) is 6.42 Å². The molecule has 1 atom stereocenters. The van der Waals surface area contributed by atoms with E-state index < -0.39 is 17.9 Å². The summed E-state index contributed by atoms with van der Waals surface area (Å²) in [5.41, 5.74) is 6.97. The van der Waals surface area contributed by atoms with Crippen molar-refractivity contribution in [1.29, 1.82) is 0 Å². The number of benzene rings is 1. The minimum Gasteiger partial charge on any atom is -0.481 e. The van der Waals surface area contributed by atoms with E-state index in [1.165, 1.54) is 0 Å². The lowest BCUT2D eigenvalue weighted by atomic mass is 10.1. The third-order valence-corrected chi connectivity index (χ3v) is 2.13. The highest BCUT2D eigenvalue weighted by Crippen LogP contribution is 2.13. The molecule has 0 aliphatic rings. The maximum atomic E-state index is 11.5. The van der Waals surface area contributed by atoms with Crippen LogP contribution in [0.25, 0.3) is 0 Å². The number of rotatable bonds is 4. The summed E-state index contributed by atoms with van der Waals surface area (Å²) in [6.45, 7) is 1.85. The van der Waals surface area contributed by atoms with Crippen LogP contribution >= 0.6 is 0 Å². The topological polar surface area (TPSA) is 92.4 Å². The summed E-state index contributed by atoms with van der Waals surface area (Å²) in [4.78, 5) is 21.9. The zero-order valence-electron chi connectivity index (χ0n) is 8.93. The number of anilines is 1. The molecule has 0 heterocycles. The smallest absolute Gasteiger partial charge is 0.305 e. The van der Waals surface area contributed by atoms with Crippen LogP contribution < -0.4 is 11.1 Å². The fourth-order valence-electron chi connectivity index (χ4n) is 1.22. The second kappa shape index (κ2) is 5.27. The lowest BCUT2D eigenvalue weighted by Gasteiger charge is -2.11. The summed E-state index contributed by atoms with van der Waals surface area (Å²) in [6, 6.07) is 6.18. The lowest BCUT2D eigenvalue weighted by molar-refractivity contribution is -0.138. The minimum atomic E-state index is -1.09. The third-order valence-electron chi connectivity index (χ3n) is 2.13. The number of aryl methyl sites for hydroxylation is 1. The average Bonchev–Trinajstić information content (AvgIpc) is 2.20. The largest absolute Gasteiger partial charge is 0.481 e. The van der Waals surface area contributed by atoms with Gasteiger partial charge in [0.2, 0.25) is 5.91 Å². The van der Waals surface area contributed by atoms with Crippen LogP contribution in [0.5, 0.6) is 0 Å². The van der Waals surface area contributed by atoms with Crippen LogP contribution in [0.2, 0.25) is 0 Å². The van der Waals surface area contributed by atoms with Gasteiger partial charge in [0.15, 0.2) is 0 Å². The first kappa shape index (κ1) is 12.2. The van der Waals surface area contributed by atoms with Crippen LogP contribution in [-0.4, -0.2) is 23.0 Å². The van der Waals surface area contributed by atoms with Gasteiger partial charge in [-0.2, -0.15) is 0 Å². The molecule has 5 heteroatoms. The third kappa shape index (κ3) is 3.36. The maximum absolute atomic E-state index is 11.5. The highest BCUT2D eigenvalue weighted by molar-refractivity contribution is 5.97. The number of aliphatic carboxylic acids is 1. The summed E-state index contributed by atoms with van der Waals surface area (Å²) in [5, 5.41) is 11.1. The Kier molecular flexibility index (Phi) is 4.02. The molecular formula is C11H14N2O3. The quantitative estimate of drug-likeness (QED) is 0.700. The average molecular weight is 222 g/mol. The number of hydrogen-bond acceptors (Lipinski definition) is 3. The SMILES string of the molecule is Cc1ccccc1NC(=O)C(N)CC(=O)O. The number of para-hydroxylation sites is 1. The van der Waals surface area contributed by atoms with Crippen molar-refractivity contribution in [3.8, 4) is 0 Å². The van der Waals surface area contributed by atoms with Gasteiger partial charge in [-0.25, -0.2) is 0 Å². The van der Waals surface area contributed by atoms with Gasteiger partial charge >= 0.3 is 5.97 Å². The zero-order valence-corrected chi connectivity index (χ0v) is 8.93. The standard InChI is InChI=1S/C11H14N2O3/c1-7-4-2-3-5-9(7)13-11(16)8(12)6-10(14)15/h2-5,8H,6,12H2,1H3,(H,13,16)(H,14,15). The number of carboxylic acids is 1. The highest BCUT2D eigenvalue weighted by Gasteiger charge is 2.17. The van der Waals surface area contributed by atoms with Crippen molar-refractivity contribution in [1.82, 2.24) is 0 Å². The predicted octanol–water partition coefficient (Wildman–Crippen LogP) is 0.736. The van der Waals surface area contributed by atoms with Gasteiger partial charge < -0.3 is 16.2 Å². The molecule has 0 spiro atoms. The van der Waals surface area contributed by atoms with Crippen LogP contribution in [-0.2, 0) is 9.59 Å². The molecule has 0 aromatic heterocycles. The first-order valence-corrected chi connectivity index (χ1v) is 4.84. The summed E-state index contributed by atoms with van der Waals surface area (Å²) >= 11 is 0. The van der Waals surface area contributed by atoms with E-state index in [4.69, 9.17) is 10.8 Å². The Labute approximate surface area is 93.3 Å². The molecular weight excluding hydrogens is 208 g/mol. The number of carbonyl (C=O) groups excluding carboxylic acids is 1. The van der Waals surface area contributed by atoms with Crippen molar-refractivity contribution >= 4 is 17.6 Å². The summed E-state index contributed by atoms with van der Waals surface area (Å²) in [6.07, 6.45) is -0.377. The van der Waals surface area contributed by atoms with Gasteiger partial charge in [-0.05, 0) is 18.6 Å². The fraction of sp³-hybridized carbons (Fsp3) is 0.273. The van der Waals surface area contributed by atoms with Crippen molar-refractivity contribution in [2.24, 2.45) is 5.73 Å². The number of nitrogens with two attached hydrogens (primary N) is 1. The van der Waals surface area contributed by atoms with Crippen LogP contribution in [0, 0.1) is 6.92 Å². The van der Waals surface area contributed by atoms with Crippen molar-refractivity contribution in [3.63, 3.8) is 0 Å². The molecule has 0 saturated carbocycles. The van der Waals surface area contributed by atoms with E-state index in [1.54, 1.807) is 12.1 Å². The molecule has 1 amide bonds. The van der Waals surface area contributed by atoms with Crippen LogP contribution in [0.4, 0.5) is 5.69 Å². The Morgan fingerprint density at radius 1 is 1.44 bits per heavy atom. The molecule has 0 saturated heterocycles. The van der Waals surface area contributed by atoms with Crippen LogP contribution in [0.1, 0.15) is 12.0 Å². The molecule has 0 fully saturated rings. The molecule has 86 valence electrons. The molecule has 0 aliphatic heterocycles. The van der Waals surface area contributed by atoms with E-state index >= 15 is 0 Å². The number of carbonyl (C=O) groups is 2. The van der Waals surface area contributed by atoms with E-state index in [1.807, 2.05) is 19.1 Å². The van der Waals surface area contributed by atoms with Gasteiger partial charge in [0, 0.05) is 5.69 Å². The summed E-state index contributed by atoms with van der Waals surface area (Å²) < 4.78 is 0. The van der Waals surface area contributed by atoms with Crippen molar-refractivity contribution in [2.45, 2.75) is 19.4 Å². The molecule has 1 aromatic carbocycles. The van der Waals surface area contributed by atoms with Gasteiger partial charge in [0.1, 0.15) is 0 Å². The molecule has 16 heavy (non-hydrogen) atoms. The normalized spacial score (nSPS) is 11.9. The Balaban J connectivity index is 2.64. The predicted molar refractivity (Wildman–Crippen MR) is 60.0 cm³/mol. The van der Waals surface area contributed by atoms with E-state index in [0.717, 1.165) is 5.56 Å². The summed E-state index contributed by atoms with van der Waals surface area (Å²) in [7, 11) is 0. The second-order valence-corrected chi connectivity index (χ2v) is 3.51. The number of hydrogen-bond donors (Lipinski definition) is 3. The molecule has 1 aromatic rings. The zero-order chi connectivity index (χ0) is 12.1. The molecule has 0 bridgehead atoms. The number of amides is 1. The van der Waals surface area contributed by atoms with E-state index in [9.17, 15) is 9.59 Å². The second-order valence-electron chi connectivity index (χ2n) is 3.51. The van der Waals surface area contributed by atoms with Crippen molar-refractivity contribution < 1.29 is 14.7 Å². The van der Waals surface area contributed by atoms with Gasteiger partial charge in [-0.3, -0.25) is 9.59 Å². The van der Waals surface area contributed by atoms with Gasteiger partial charge in [0.05, 0.1) is 12.5 Å². The Bertz CT molecular complexity index is 404. The first-order valence-electron chi connectivity index (χ1n) is 4.84. The van der Waals surface area contributed by atoms with Gasteiger partial charge in [-0.15, -0.1) is 0 Å². The first-order chi connectivity index (χ1) is 7.50. The van der Waals surface area contributed by atoms with Gasteiger partial charge in [-0.1, -0.05) is 18.2 Å². The van der Waals surface area contributed by atoms with E-state index in [2.05, 4.69) is 5.32 Å². The fourth-order valence-corrected chi connectivity index (χ4v) is 1.22. The molecule has 0 radical (unpaired) electrons. The number of nitrogens with one attached hydrogen (secondary N) is 1. The molecule has 4 N–H and O–H groups in total. The Morgan fingerprint density at radius 2 is 2.06 bits per heavy atom. The lowest BCUT2D eigenvalue weighted by Crippen LogP contribution is -2.37. The van der Waals surface area contributed by atoms with E-state index in [0.29, 0.717) is 5.69 Å². The monoisotopic (exact) mass is 222 g/mol. The Hall–Kier alpha value is -1.88. The highest BCUT2D eigenvalue weighted by atomic mass is 16.4. The van der Waals surface area contributed by atoms with Crippen molar-refractivity contribution in [3.05, 3.63) is 29.8 Å². The minimum absolute atomic E-state index is 0.377. The van der Waals surface area contributed by atoms with Crippen LogP contribution in [0.3, 0.4) is 0 Å². The summed E-state index contributed by atoms with van der Waals surface area (Å²) in [5.74, 6) is -1.58. The van der Waals surface area contributed by atoms with Crippen LogP contribution in [0.15, 0.2) is 24.3 Å². The molecule has 5 nitrogen and oxygen atoms in total. The molecule has 0 aliphatic carbocycles. The van der Waals surface area contributed by atoms with Crippen molar-refractivity contribution in [2.75, 3.05) is 5.32 Å². The maximum Gasteiger partial charge on any atom is 0.305 e. The number of carboxylic acid groups (broad SMARTS) is 1. The van der Waals surface area contributed by atoms with Gasteiger partial charge in [0.25, 0.3) is 0 Å².